The number of carbonyl (C=O) groups excluding carboxylic acids is 1. The fourth-order valence-electron chi connectivity index (χ4n) is 2.74. The lowest BCUT2D eigenvalue weighted by molar-refractivity contribution is -0.147. The van der Waals surface area contributed by atoms with Crippen molar-refractivity contribution in [1.82, 2.24) is 10.2 Å². The maximum atomic E-state index is 12.9. The van der Waals surface area contributed by atoms with Crippen molar-refractivity contribution in [3.05, 3.63) is 58.3 Å². The average molecular weight is 346 g/mol. The van der Waals surface area contributed by atoms with Gasteiger partial charge in [0.2, 0.25) is 0 Å². The number of nitrogens with one attached hydrogen (secondary N) is 1. The lowest BCUT2D eigenvalue weighted by Gasteiger charge is -2.31. The molecule has 3 rings (SSSR count). The minimum Gasteiger partial charge on any atom is -0.386 e. The van der Waals surface area contributed by atoms with Gasteiger partial charge in [0.15, 0.2) is 0 Å². The lowest BCUT2D eigenvalue weighted by atomic mass is 10.1. The fourth-order valence-corrected chi connectivity index (χ4v) is 3.45. The smallest absolute Gasteiger partial charge is 0.253 e. The van der Waals surface area contributed by atoms with Gasteiger partial charge in [0.25, 0.3) is 5.91 Å². The van der Waals surface area contributed by atoms with Crippen LogP contribution in [0.5, 0.6) is 0 Å². The van der Waals surface area contributed by atoms with E-state index in [-0.39, 0.29) is 12.5 Å². The molecule has 2 heterocycles. The second kappa shape index (κ2) is 8.39. The van der Waals surface area contributed by atoms with E-state index in [1.165, 1.54) is 11.3 Å². The monoisotopic (exact) mass is 346 g/mol. The Balaban J connectivity index is 1.73. The number of aliphatic hydroxyl groups is 1. The summed E-state index contributed by atoms with van der Waals surface area (Å²) < 4.78 is 5.60. The number of aliphatic hydroxyl groups excluding tert-OH is 1. The number of benzene rings is 1. The van der Waals surface area contributed by atoms with Crippen LogP contribution in [0, 0.1) is 0 Å². The Labute approximate surface area is 145 Å². The molecule has 5 nitrogen and oxygen atoms in total. The van der Waals surface area contributed by atoms with E-state index in [1.807, 2.05) is 47.8 Å². The van der Waals surface area contributed by atoms with Gasteiger partial charge in [-0.3, -0.25) is 4.79 Å². The van der Waals surface area contributed by atoms with Gasteiger partial charge in [0.1, 0.15) is 12.2 Å². The average Bonchev–Trinajstić information content (AvgIpc) is 3.17. The number of ether oxygens (including phenoxy) is 1. The molecule has 0 saturated carbocycles. The van der Waals surface area contributed by atoms with Gasteiger partial charge in [-0.1, -0.05) is 36.4 Å². The third-order valence-electron chi connectivity index (χ3n) is 4.00. The van der Waals surface area contributed by atoms with Crippen LogP contribution < -0.4 is 5.32 Å². The van der Waals surface area contributed by atoms with E-state index in [0.29, 0.717) is 19.7 Å². The molecular weight excluding hydrogens is 324 g/mol. The maximum Gasteiger partial charge on any atom is 0.253 e. The van der Waals surface area contributed by atoms with E-state index < -0.39 is 12.2 Å². The summed E-state index contributed by atoms with van der Waals surface area (Å²) in [6.45, 7) is 2.53. The third kappa shape index (κ3) is 4.42. The van der Waals surface area contributed by atoms with Gasteiger partial charge in [-0.2, -0.15) is 0 Å². The normalized spacial score (nSPS) is 19.0. The summed E-state index contributed by atoms with van der Waals surface area (Å²) in [5.41, 5.74) is 1.04. The number of nitrogens with zero attached hydrogens (tertiary/aromatic N) is 1. The zero-order valence-corrected chi connectivity index (χ0v) is 14.2. The summed E-state index contributed by atoms with van der Waals surface area (Å²) in [6, 6.07) is 13.6. The first-order chi connectivity index (χ1) is 11.7. The van der Waals surface area contributed by atoms with Gasteiger partial charge in [-0.05, 0) is 17.0 Å². The summed E-state index contributed by atoms with van der Waals surface area (Å²) in [5, 5.41) is 15.6. The number of hydrogen-bond acceptors (Lipinski definition) is 5. The number of rotatable bonds is 6. The Morgan fingerprint density at radius 3 is 2.83 bits per heavy atom. The Hall–Kier alpha value is -1.73. The number of hydrogen-bond donors (Lipinski definition) is 2. The molecular formula is C18H22N2O3S. The minimum atomic E-state index is -0.686. The molecule has 0 aliphatic carbocycles. The molecule has 2 aromatic rings. The van der Waals surface area contributed by atoms with Gasteiger partial charge in [-0.25, -0.2) is 0 Å². The van der Waals surface area contributed by atoms with Crippen LogP contribution in [0.2, 0.25) is 0 Å². The van der Waals surface area contributed by atoms with E-state index in [2.05, 4.69) is 5.32 Å². The highest BCUT2D eigenvalue weighted by molar-refractivity contribution is 7.10. The number of thiophene rings is 1. The van der Waals surface area contributed by atoms with Crippen LogP contribution >= 0.6 is 11.3 Å². The molecule has 1 aliphatic rings. The molecule has 2 atom stereocenters. The maximum absolute atomic E-state index is 12.9. The zero-order valence-electron chi connectivity index (χ0n) is 13.4. The molecule has 24 heavy (non-hydrogen) atoms. The Morgan fingerprint density at radius 1 is 1.33 bits per heavy atom. The van der Waals surface area contributed by atoms with Crippen LogP contribution in [0.1, 0.15) is 16.5 Å². The SMILES string of the molecule is O=C(C1CNCCO1)N(Cc1ccccc1)CC(O)c1cccs1. The molecule has 1 aromatic carbocycles. The molecule has 0 bridgehead atoms. The van der Waals surface area contributed by atoms with Crippen molar-refractivity contribution in [2.75, 3.05) is 26.2 Å². The topological polar surface area (TPSA) is 61.8 Å². The van der Waals surface area contributed by atoms with Crippen LogP contribution in [-0.2, 0) is 16.1 Å². The van der Waals surface area contributed by atoms with E-state index >= 15 is 0 Å². The third-order valence-corrected chi connectivity index (χ3v) is 4.97. The predicted octanol–water partition coefficient (Wildman–Crippen LogP) is 1.80. The summed E-state index contributed by atoms with van der Waals surface area (Å²) >= 11 is 1.50. The van der Waals surface area contributed by atoms with Crippen molar-refractivity contribution in [2.24, 2.45) is 0 Å². The van der Waals surface area contributed by atoms with Crippen molar-refractivity contribution in [3.8, 4) is 0 Å². The molecule has 0 spiro atoms. The fraction of sp³-hybridized carbons (Fsp3) is 0.389. The molecule has 2 unspecified atom stereocenters. The van der Waals surface area contributed by atoms with E-state index in [4.69, 9.17) is 4.74 Å². The minimum absolute atomic E-state index is 0.0818. The molecule has 1 aliphatic heterocycles. The largest absolute Gasteiger partial charge is 0.386 e. The van der Waals surface area contributed by atoms with Crippen LogP contribution in [0.3, 0.4) is 0 Å². The van der Waals surface area contributed by atoms with Crippen molar-refractivity contribution in [2.45, 2.75) is 18.8 Å². The van der Waals surface area contributed by atoms with Crippen LogP contribution in [-0.4, -0.2) is 48.3 Å². The van der Waals surface area contributed by atoms with Crippen LogP contribution in [0.15, 0.2) is 47.8 Å². The predicted molar refractivity (Wildman–Crippen MR) is 93.7 cm³/mol. The first-order valence-electron chi connectivity index (χ1n) is 8.10. The standard InChI is InChI=1S/C18H22N2O3S/c21-15(17-7-4-10-24-17)13-20(12-14-5-2-1-3-6-14)18(22)16-11-19-8-9-23-16/h1-7,10,15-16,19,21H,8-9,11-13H2. The molecule has 2 N–H and O–H groups in total. The Kier molecular flexibility index (Phi) is 5.98. The summed E-state index contributed by atoms with van der Waals surface area (Å²) in [6.07, 6.45) is -1.17. The summed E-state index contributed by atoms with van der Waals surface area (Å²) in [7, 11) is 0. The van der Waals surface area contributed by atoms with E-state index in [0.717, 1.165) is 17.0 Å². The zero-order chi connectivity index (χ0) is 16.8. The molecule has 1 saturated heterocycles. The highest BCUT2D eigenvalue weighted by Gasteiger charge is 2.28. The van der Waals surface area contributed by atoms with Gasteiger partial charge < -0.3 is 20.1 Å². The van der Waals surface area contributed by atoms with Crippen LogP contribution in [0.25, 0.3) is 0 Å². The highest BCUT2D eigenvalue weighted by atomic mass is 32.1. The number of carbonyl (C=O) groups is 1. The molecule has 1 fully saturated rings. The molecule has 128 valence electrons. The van der Waals surface area contributed by atoms with Gasteiger partial charge in [0.05, 0.1) is 13.2 Å². The molecule has 0 radical (unpaired) electrons. The summed E-state index contributed by atoms with van der Waals surface area (Å²) in [4.78, 5) is 15.4. The quantitative estimate of drug-likeness (QED) is 0.837. The van der Waals surface area contributed by atoms with Crippen molar-refractivity contribution in [3.63, 3.8) is 0 Å². The molecule has 6 heteroatoms. The van der Waals surface area contributed by atoms with Crippen molar-refractivity contribution in [1.29, 1.82) is 0 Å². The Morgan fingerprint density at radius 2 is 2.17 bits per heavy atom. The van der Waals surface area contributed by atoms with Crippen molar-refractivity contribution < 1.29 is 14.6 Å². The second-order valence-electron chi connectivity index (χ2n) is 5.80. The van der Waals surface area contributed by atoms with E-state index in [9.17, 15) is 9.90 Å². The second-order valence-corrected chi connectivity index (χ2v) is 6.78. The lowest BCUT2D eigenvalue weighted by Crippen LogP contribution is -2.50. The number of morpholine rings is 1. The van der Waals surface area contributed by atoms with E-state index in [1.54, 1.807) is 4.90 Å². The Bertz CT molecular complexity index is 627. The van der Waals surface area contributed by atoms with Crippen molar-refractivity contribution >= 4 is 17.2 Å². The van der Waals surface area contributed by atoms with Gasteiger partial charge in [0, 0.05) is 24.5 Å². The number of amides is 1. The van der Waals surface area contributed by atoms with Gasteiger partial charge in [-0.15, -0.1) is 11.3 Å². The highest BCUT2D eigenvalue weighted by Crippen LogP contribution is 2.21. The van der Waals surface area contributed by atoms with Crippen LogP contribution in [0.4, 0.5) is 0 Å². The molecule has 1 aromatic heterocycles. The summed E-state index contributed by atoms with van der Waals surface area (Å²) in [5.74, 6) is -0.0818. The molecule has 1 amide bonds. The first-order valence-corrected chi connectivity index (χ1v) is 8.98. The first kappa shape index (κ1) is 17.1. The van der Waals surface area contributed by atoms with Gasteiger partial charge >= 0.3 is 0 Å².